The minimum Gasteiger partial charge on any atom is -0.480 e. The summed E-state index contributed by atoms with van der Waals surface area (Å²) in [5, 5.41) is 11.7. The fourth-order valence-corrected chi connectivity index (χ4v) is 4.77. The Morgan fingerprint density at radius 3 is 2.09 bits per heavy atom. The Morgan fingerprint density at radius 2 is 1.53 bits per heavy atom. The first-order valence-corrected chi connectivity index (χ1v) is 11.7. The molecule has 2 unspecified atom stereocenters. The van der Waals surface area contributed by atoms with E-state index in [2.05, 4.69) is 29.6 Å². The van der Waals surface area contributed by atoms with Crippen molar-refractivity contribution in [1.82, 2.24) is 15.1 Å². The molecule has 1 saturated heterocycles. The van der Waals surface area contributed by atoms with Crippen LogP contribution in [0.2, 0.25) is 0 Å². The van der Waals surface area contributed by atoms with Gasteiger partial charge in [0.15, 0.2) is 0 Å². The number of carbonyl (C=O) groups excluding carboxylic acids is 2. The van der Waals surface area contributed by atoms with Crippen LogP contribution >= 0.6 is 0 Å². The molecule has 2 N–H and O–H groups in total. The summed E-state index contributed by atoms with van der Waals surface area (Å²) in [6.07, 6.45) is -0.541. The molecule has 0 radical (unpaired) electrons. The van der Waals surface area contributed by atoms with Crippen molar-refractivity contribution in [3.8, 4) is 11.1 Å². The molecular formula is C26H31N3O5. The number of alkyl carbamates (subject to hydrolysis) is 1. The number of amides is 2. The summed E-state index contributed by atoms with van der Waals surface area (Å²) in [6, 6.07) is 15.9. The lowest BCUT2D eigenvalue weighted by Gasteiger charge is -2.36. The van der Waals surface area contributed by atoms with Gasteiger partial charge in [0.05, 0.1) is 12.5 Å². The van der Waals surface area contributed by atoms with Crippen molar-refractivity contribution in [1.29, 1.82) is 0 Å². The van der Waals surface area contributed by atoms with Gasteiger partial charge < -0.3 is 20.1 Å². The van der Waals surface area contributed by atoms with Crippen molar-refractivity contribution < 1.29 is 24.2 Å². The van der Waals surface area contributed by atoms with E-state index in [1.165, 1.54) is 11.1 Å². The Morgan fingerprint density at radius 1 is 0.971 bits per heavy atom. The zero-order valence-corrected chi connectivity index (χ0v) is 19.6. The highest BCUT2D eigenvalue weighted by atomic mass is 16.5. The van der Waals surface area contributed by atoms with Gasteiger partial charge in [-0.3, -0.25) is 14.5 Å². The van der Waals surface area contributed by atoms with E-state index < -0.39 is 24.0 Å². The number of piperazine rings is 1. The first-order chi connectivity index (χ1) is 16.3. The number of benzene rings is 2. The second-order valence-electron chi connectivity index (χ2n) is 9.04. The minimum absolute atomic E-state index is 0.0165. The van der Waals surface area contributed by atoms with Gasteiger partial charge in [0, 0.05) is 38.1 Å². The van der Waals surface area contributed by atoms with E-state index >= 15 is 0 Å². The minimum atomic E-state index is -0.867. The summed E-state index contributed by atoms with van der Waals surface area (Å²) in [5.41, 5.74) is 4.64. The highest BCUT2D eigenvalue weighted by Crippen LogP contribution is 2.44. The standard InChI is InChI=1S/C26H31N3O5/c1-17(25(32)29-13-11-28(12-14-29)15-24(30)31)18(2)27-26(33)34-16-23-21-9-5-3-7-19(21)20-8-4-6-10-22(20)23/h3-10,17-18,23H,11-16H2,1-2H3,(H,27,33)(H,30,31). The fourth-order valence-electron chi connectivity index (χ4n) is 4.77. The number of fused-ring (bicyclic) bond motifs is 3. The monoisotopic (exact) mass is 465 g/mol. The number of rotatable bonds is 7. The van der Waals surface area contributed by atoms with E-state index in [-0.39, 0.29) is 25.0 Å². The van der Waals surface area contributed by atoms with E-state index in [9.17, 15) is 14.4 Å². The molecule has 1 aliphatic heterocycles. The molecule has 180 valence electrons. The second kappa shape index (κ2) is 10.3. The maximum absolute atomic E-state index is 12.9. The Kier molecular flexibility index (Phi) is 7.17. The summed E-state index contributed by atoms with van der Waals surface area (Å²) < 4.78 is 5.60. The summed E-state index contributed by atoms with van der Waals surface area (Å²) in [6.45, 7) is 5.81. The quantitative estimate of drug-likeness (QED) is 0.653. The van der Waals surface area contributed by atoms with Gasteiger partial charge >= 0.3 is 12.1 Å². The van der Waals surface area contributed by atoms with Gasteiger partial charge in [0.2, 0.25) is 5.91 Å². The number of nitrogens with zero attached hydrogens (tertiary/aromatic N) is 2. The van der Waals surface area contributed by atoms with Crippen LogP contribution < -0.4 is 5.32 Å². The maximum atomic E-state index is 12.9. The maximum Gasteiger partial charge on any atom is 0.407 e. The first-order valence-electron chi connectivity index (χ1n) is 11.7. The van der Waals surface area contributed by atoms with E-state index in [1.54, 1.807) is 18.7 Å². The van der Waals surface area contributed by atoms with Gasteiger partial charge in [0.1, 0.15) is 6.61 Å². The smallest absolute Gasteiger partial charge is 0.407 e. The third kappa shape index (κ3) is 5.07. The molecule has 8 heteroatoms. The molecule has 0 aromatic heterocycles. The molecule has 2 amide bonds. The third-order valence-electron chi connectivity index (χ3n) is 6.87. The van der Waals surface area contributed by atoms with Crippen molar-refractivity contribution in [2.24, 2.45) is 5.92 Å². The van der Waals surface area contributed by atoms with Crippen LogP contribution in [-0.4, -0.2) is 78.2 Å². The Bertz CT molecular complexity index is 1020. The van der Waals surface area contributed by atoms with Crippen LogP contribution in [0.3, 0.4) is 0 Å². The van der Waals surface area contributed by atoms with Crippen molar-refractivity contribution >= 4 is 18.0 Å². The van der Waals surface area contributed by atoms with Crippen LogP contribution in [-0.2, 0) is 14.3 Å². The largest absolute Gasteiger partial charge is 0.480 e. The predicted octanol–water partition coefficient (Wildman–Crippen LogP) is 2.78. The van der Waals surface area contributed by atoms with E-state index in [0.29, 0.717) is 26.2 Å². The van der Waals surface area contributed by atoms with Crippen molar-refractivity contribution in [2.75, 3.05) is 39.3 Å². The molecule has 2 atom stereocenters. The predicted molar refractivity (Wildman–Crippen MR) is 127 cm³/mol. The first kappa shape index (κ1) is 23.8. The highest BCUT2D eigenvalue weighted by Gasteiger charge is 2.31. The lowest BCUT2D eigenvalue weighted by atomic mass is 9.98. The van der Waals surface area contributed by atoms with Crippen LogP contribution in [0.15, 0.2) is 48.5 Å². The van der Waals surface area contributed by atoms with E-state index in [4.69, 9.17) is 9.84 Å². The fraction of sp³-hybridized carbons (Fsp3) is 0.423. The molecule has 0 saturated carbocycles. The topological polar surface area (TPSA) is 99.2 Å². The molecule has 2 aliphatic rings. The highest BCUT2D eigenvalue weighted by molar-refractivity contribution is 5.81. The zero-order chi connectivity index (χ0) is 24.2. The van der Waals surface area contributed by atoms with Gasteiger partial charge in [0.25, 0.3) is 0 Å². The summed E-state index contributed by atoms with van der Waals surface area (Å²) >= 11 is 0. The Labute approximate surface area is 199 Å². The molecular weight excluding hydrogens is 434 g/mol. The number of ether oxygens (including phenoxy) is 1. The third-order valence-corrected chi connectivity index (χ3v) is 6.87. The van der Waals surface area contributed by atoms with Crippen LogP contribution in [0.4, 0.5) is 4.79 Å². The van der Waals surface area contributed by atoms with Crippen LogP contribution in [0.25, 0.3) is 11.1 Å². The van der Waals surface area contributed by atoms with Crippen LogP contribution in [0.1, 0.15) is 30.9 Å². The molecule has 2 aromatic carbocycles. The Hall–Kier alpha value is -3.39. The lowest BCUT2D eigenvalue weighted by molar-refractivity contribution is -0.140. The molecule has 1 aliphatic carbocycles. The van der Waals surface area contributed by atoms with Crippen molar-refractivity contribution in [3.63, 3.8) is 0 Å². The van der Waals surface area contributed by atoms with Crippen LogP contribution in [0.5, 0.6) is 0 Å². The summed E-state index contributed by atoms with van der Waals surface area (Å²) in [7, 11) is 0. The van der Waals surface area contributed by atoms with Gasteiger partial charge in [-0.05, 0) is 29.2 Å². The molecule has 2 aromatic rings. The number of carboxylic acids is 1. The molecule has 8 nitrogen and oxygen atoms in total. The number of hydrogen-bond acceptors (Lipinski definition) is 5. The van der Waals surface area contributed by atoms with Crippen molar-refractivity contribution in [2.45, 2.75) is 25.8 Å². The van der Waals surface area contributed by atoms with Gasteiger partial charge in [-0.15, -0.1) is 0 Å². The number of hydrogen-bond donors (Lipinski definition) is 2. The number of carboxylic acid groups (broad SMARTS) is 1. The Balaban J connectivity index is 1.29. The average Bonchev–Trinajstić information content (AvgIpc) is 3.15. The number of nitrogens with one attached hydrogen (secondary N) is 1. The second-order valence-corrected chi connectivity index (χ2v) is 9.04. The van der Waals surface area contributed by atoms with Crippen molar-refractivity contribution in [3.05, 3.63) is 59.7 Å². The molecule has 34 heavy (non-hydrogen) atoms. The number of carbonyl (C=O) groups is 3. The summed E-state index contributed by atoms with van der Waals surface area (Å²) in [5.74, 6) is -1.36. The number of aliphatic carboxylic acids is 1. The lowest BCUT2D eigenvalue weighted by Crippen LogP contribution is -2.53. The SMILES string of the molecule is CC(NC(=O)OCC1c2ccccc2-c2ccccc21)C(C)C(=O)N1CCN(CC(=O)O)CC1. The van der Waals surface area contributed by atoms with E-state index in [0.717, 1.165) is 11.1 Å². The molecule has 1 fully saturated rings. The van der Waals surface area contributed by atoms with Crippen LogP contribution in [0, 0.1) is 5.92 Å². The molecule has 0 spiro atoms. The van der Waals surface area contributed by atoms with Gasteiger partial charge in [-0.2, -0.15) is 0 Å². The summed E-state index contributed by atoms with van der Waals surface area (Å²) in [4.78, 5) is 39.9. The van der Waals surface area contributed by atoms with E-state index in [1.807, 2.05) is 29.2 Å². The zero-order valence-electron chi connectivity index (χ0n) is 19.6. The average molecular weight is 466 g/mol. The van der Waals surface area contributed by atoms with Gasteiger partial charge in [-0.25, -0.2) is 4.79 Å². The molecule has 4 rings (SSSR count). The molecule has 1 heterocycles. The van der Waals surface area contributed by atoms with Gasteiger partial charge in [-0.1, -0.05) is 55.5 Å². The normalized spacial score (nSPS) is 17.4. The molecule has 0 bridgehead atoms.